The van der Waals surface area contributed by atoms with Crippen molar-refractivity contribution in [3.63, 3.8) is 0 Å². The number of nitrogens with one attached hydrogen (secondary N) is 1. The lowest BCUT2D eigenvalue weighted by Crippen LogP contribution is -3.07. The summed E-state index contributed by atoms with van der Waals surface area (Å²) in [5, 5.41) is 1.13. The summed E-state index contributed by atoms with van der Waals surface area (Å²) in [6.07, 6.45) is 0. The number of nitrogens with zero attached hydrogens (tertiary/aromatic N) is 1. The van der Waals surface area contributed by atoms with Crippen LogP contribution in [0.1, 0.15) is 47.7 Å². The number of fused-ring (bicyclic) bond motifs is 1. The molecule has 1 heterocycles. The number of ketones is 1. The Balaban J connectivity index is 1.84. The largest absolute Gasteiger partial charge is 0.493 e. The van der Waals surface area contributed by atoms with Crippen molar-refractivity contribution in [2.24, 2.45) is 0 Å². The van der Waals surface area contributed by atoms with Gasteiger partial charge >= 0.3 is 0 Å². The van der Waals surface area contributed by atoms with Crippen LogP contribution in [0.3, 0.4) is 0 Å². The molecule has 0 aliphatic carbocycles. The maximum Gasteiger partial charge on any atom is 0.159 e. The van der Waals surface area contributed by atoms with Crippen LogP contribution in [0.4, 0.5) is 0 Å². The Morgan fingerprint density at radius 3 is 2.73 bits per heavy atom. The molecule has 1 N–H and O–H groups in total. The van der Waals surface area contributed by atoms with Gasteiger partial charge in [-0.3, -0.25) is 4.79 Å². The van der Waals surface area contributed by atoms with E-state index in [4.69, 9.17) is 9.72 Å². The Labute approximate surface area is 158 Å². The number of carbonyl (C=O) groups excluding carboxylic acids is 1. The molecule has 4 nitrogen and oxygen atoms in total. The van der Waals surface area contributed by atoms with E-state index in [2.05, 4.69) is 26.1 Å². The van der Waals surface area contributed by atoms with E-state index < -0.39 is 0 Å². The number of Topliss-reactive ketones (excluding diaryl/α,β-unsaturated/α-hetero) is 1. The number of thiazole rings is 1. The fourth-order valence-corrected chi connectivity index (χ4v) is 4.08. The Hall–Kier alpha value is -2.24. The van der Waals surface area contributed by atoms with Crippen molar-refractivity contribution < 1.29 is 14.4 Å². The van der Waals surface area contributed by atoms with E-state index in [0.717, 1.165) is 33.9 Å². The van der Waals surface area contributed by atoms with Gasteiger partial charge in [-0.25, -0.2) is 4.98 Å². The van der Waals surface area contributed by atoms with Crippen LogP contribution in [0.25, 0.3) is 10.2 Å². The SMILES string of the molecule is CCOc1ccc(C(C)=O)cc1C[NH+](C)[C@H](C)c1nc2ccccc2s1. The number of para-hydroxylation sites is 1. The number of quaternary nitrogens is 1. The summed E-state index contributed by atoms with van der Waals surface area (Å²) in [6, 6.07) is 14.2. The summed E-state index contributed by atoms with van der Waals surface area (Å²) in [7, 11) is 2.16. The molecular weight excluding hydrogens is 344 g/mol. The Morgan fingerprint density at radius 1 is 1.27 bits per heavy atom. The molecule has 3 rings (SSSR count). The standard InChI is InChI=1S/C21H24N2O2S/c1-5-25-19-11-10-16(15(3)24)12-17(19)13-23(4)14(2)21-22-18-8-6-7-9-20(18)26-21/h6-12,14H,5,13H2,1-4H3/p+1/t14-/m1/s1. The van der Waals surface area contributed by atoms with Crippen LogP contribution in [0.5, 0.6) is 5.75 Å². The van der Waals surface area contributed by atoms with Gasteiger partial charge in [-0.1, -0.05) is 12.1 Å². The summed E-state index contributed by atoms with van der Waals surface area (Å²) in [5.41, 5.74) is 2.84. The zero-order valence-corrected chi connectivity index (χ0v) is 16.5. The summed E-state index contributed by atoms with van der Waals surface area (Å²) < 4.78 is 6.99. The van der Waals surface area contributed by atoms with Crippen LogP contribution in [-0.4, -0.2) is 24.4 Å². The second-order valence-corrected chi connectivity index (χ2v) is 7.64. The zero-order valence-electron chi connectivity index (χ0n) is 15.7. The van der Waals surface area contributed by atoms with Gasteiger partial charge < -0.3 is 9.64 Å². The van der Waals surface area contributed by atoms with Gasteiger partial charge in [0, 0.05) is 11.1 Å². The van der Waals surface area contributed by atoms with E-state index in [9.17, 15) is 4.79 Å². The lowest BCUT2D eigenvalue weighted by Gasteiger charge is -2.21. The molecule has 26 heavy (non-hydrogen) atoms. The first-order valence-electron chi connectivity index (χ1n) is 8.94. The molecule has 0 fully saturated rings. The van der Waals surface area contributed by atoms with E-state index >= 15 is 0 Å². The minimum absolute atomic E-state index is 0.0752. The van der Waals surface area contributed by atoms with Gasteiger partial charge in [0.15, 0.2) is 10.8 Å². The van der Waals surface area contributed by atoms with E-state index in [1.807, 2.05) is 37.3 Å². The number of carbonyl (C=O) groups is 1. The van der Waals surface area contributed by atoms with Crippen molar-refractivity contribution in [2.75, 3.05) is 13.7 Å². The Morgan fingerprint density at radius 2 is 2.04 bits per heavy atom. The second kappa shape index (κ2) is 7.98. The molecule has 2 aromatic carbocycles. The predicted octanol–water partition coefficient (Wildman–Crippen LogP) is 3.67. The molecule has 0 spiro atoms. The first kappa shape index (κ1) is 18.5. The molecule has 0 aliphatic rings. The third-order valence-electron chi connectivity index (χ3n) is 4.66. The van der Waals surface area contributed by atoms with E-state index in [0.29, 0.717) is 6.61 Å². The van der Waals surface area contributed by atoms with E-state index in [-0.39, 0.29) is 11.8 Å². The van der Waals surface area contributed by atoms with Crippen molar-refractivity contribution in [2.45, 2.75) is 33.4 Å². The topological polar surface area (TPSA) is 43.6 Å². The monoisotopic (exact) mass is 369 g/mol. The third kappa shape index (κ3) is 3.94. The van der Waals surface area contributed by atoms with Gasteiger partial charge in [0.05, 0.1) is 23.9 Å². The smallest absolute Gasteiger partial charge is 0.159 e. The lowest BCUT2D eigenvalue weighted by molar-refractivity contribution is -0.923. The Kier molecular flexibility index (Phi) is 5.69. The molecule has 5 heteroatoms. The molecule has 0 saturated carbocycles. The highest BCUT2D eigenvalue weighted by Gasteiger charge is 2.21. The highest BCUT2D eigenvalue weighted by molar-refractivity contribution is 7.18. The molecule has 136 valence electrons. The van der Waals surface area contributed by atoms with Crippen LogP contribution < -0.4 is 9.64 Å². The molecule has 1 aromatic heterocycles. The highest BCUT2D eigenvalue weighted by atomic mass is 32.1. The van der Waals surface area contributed by atoms with Gasteiger partial charge in [-0.2, -0.15) is 0 Å². The van der Waals surface area contributed by atoms with Crippen LogP contribution in [-0.2, 0) is 6.54 Å². The maximum atomic E-state index is 11.8. The quantitative estimate of drug-likeness (QED) is 0.646. The third-order valence-corrected chi connectivity index (χ3v) is 5.88. The first-order chi connectivity index (χ1) is 12.5. The molecular formula is C21H25N2O2S+. The number of rotatable bonds is 7. The van der Waals surface area contributed by atoms with Gasteiger partial charge in [-0.15, -0.1) is 11.3 Å². The van der Waals surface area contributed by atoms with Crippen molar-refractivity contribution in [1.82, 2.24) is 4.98 Å². The fraction of sp³-hybridized carbons (Fsp3) is 0.333. The Bertz CT molecular complexity index is 886. The molecule has 0 aliphatic heterocycles. The summed E-state index contributed by atoms with van der Waals surface area (Å²) >= 11 is 1.75. The number of benzene rings is 2. The average Bonchev–Trinajstić information content (AvgIpc) is 3.06. The predicted molar refractivity (Wildman–Crippen MR) is 106 cm³/mol. The minimum Gasteiger partial charge on any atom is -0.493 e. The van der Waals surface area contributed by atoms with Gasteiger partial charge in [0.1, 0.15) is 18.3 Å². The summed E-state index contributed by atoms with van der Waals surface area (Å²) in [6.45, 7) is 7.15. The minimum atomic E-state index is 0.0752. The van der Waals surface area contributed by atoms with Crippen molar-refractivity contribution in [3.05, 3.63) is 58.6 Å². The average molecular weight is 370 g/mol. The first-order valence-corrected chi connectivity index (χ1v) is 9.75. The van der Waals surface area contributed by atoms with E-state index in [1.165, 1.54) is 9.60 Å². The van der Waals surface area contributed by atoms with Gasteiger partial charge in [0.25, 0.3) is 0 Å². The lowest BCUT2D eigenvalue weighted by atomic mass is 10.1. The van der Waals surface area contributed by atoms with Crippen molar-refractivity contribution in [1.29, 1.82) is 0 Å². The van der Waals surface area contributed by atoms with Crippen molar-refractivity contribution >= 4 is 27.3 Å². The summed E-state index contributed by atoms with van der Waals surface area (Å²) in [5.74, 6) is 0.930. The molecule has 2 atom stereocenters. The number of ether oxygens (including phenoxy) is 1. The normalized spacial score (nSPS) is 13.5. The maximum absolute atomic E-state index is 11.8. The molecule has 0 radical (unpaired) electrons. The second-order valence-electron chi connectivity index (χ2n) is 6.58. The number of hydrogen-bond acceptors (Lipinski definition) is 4. The molecule has 0 amide bonds. The fourth-order valence-electron chi connectivity index (χ4n) is 2.97. The zero-order chi connectivity index (χ0) is 18.7. The molecule has 0 saturated heterocycles. The van der Waals surface area contributed by atoms with Crippen LogP contribution >= 0.6 is 11.3 Å². The van der Waals surface area contributed by atoms with Crippen LogP contribution in [0.15, 0.2) is 42.5 Å². The van der Waals surface area contributed by atoms with Gasteiger partial charge in [0.2, 0.25) is 0 Å². The summed E-state index contributed by atoms with van der Waals surface area (Å²) in [4.78, 5) is 17.9. The highest BCUT2D eigenvalue weighted by Crippen LogP contribution is 2.25. The molecule has 1 unspecified atom stereocenters. The molecule has 0 bridgehead atoms. The number of aromatic nitrogens is 1. The molecule has 3 aromatic rings. The van der Waals surface area contributed by atoms with Crippen molar-refractivity contribution in [3.8, 4) is 5.75 Å². The van der Waals surface area contributed by atoms with Gasteiger partial charge in [-0.05, 0) is 51.1 Å². The number of hydrogen-bond donors (Lipinski definition) is 1. The van der Waals surface area contributed by atoms with E-state index in [1.54, 1.807) is 18.3 Å². The van der Waals surface area contributed by atoms with Crippen LogP contribution in [0, 0.1) is 0 Å². The van der Waals surface area contributed by atoms with Crippen LogP contribution in [0.2, 0.25) is 0 Å².